The summed E-state index contributed by atoms with van der Waals surface area (Å²) in [5.41, 5.74) is 5.34. The molecule has 5 rings (SSSR count). The highest BCUT2D eigenvalue weighted by Crippen LogP contribution is 2.35. The zero-order chi connectivity index (χ0) is 17.5. The molecule has 2 aliphatic rings. The molecular formula is C23H25N3. The van der Waals surface area contributed by atoms with E-state index in [-0.39, 0.29) is 0 Å². The predicted octanol–water partition coefficient (Wildman–Crippen LogP) is 4.69. The molecule has 0 spiro atoms. The van der Waals surface area contributed by atoms with Gasteiger partial charge in [0.1, 0.15) is 0 Å². The topological polar surface area (TPSA) is 21.1 Å². The van der Waals surface area contributed by atoms with E-state index in [1.807, 2.05) is 6.20 Å². The number of hydrogen-bond donors (Lipinski definition) is 0. The fraction of sp³-hybridized carbons (Fsp3) is 0.348. The van der Waals surface area contributed by atoms with Gasteiger partial charge in [0, 0.05) is 48.9 Å². The van der Waals surface area contributed by atoms with Crippen LogP contribution in [0.1, 0.15) is 36.2 Å². The summed E-state index contributed by atoms with van der Waals surface area (Å²) in [4.78, 5) is 7.26. The van der Waals surface area contributed by atoms with Crippen LogP contribution in [0, 0.1) is 5.92 Å². The molecule has 1 aliphatic heterocycles. The number of nitrogens with zero attached hydrogens (tertiary/aromatic N) is 3. The van der Waals surface area contributed by atoms with Gasteiger partial charge in [0.15, 0.2) is 0 Å². The second kappa shape index (κ2) is 6.40. The largest absolute Gasteiger partial charge is 0.342 e. The molecule has 2 atom stereocenters. The van der Waals surface area contributed by atoms with Gasteiger partial charge >= 0.3 is 0 Å². The van der Waals surface area contributed by atoms with Crippen LogP contribution in [0.2, 0.25) is 0 Å². The molecule has 1 fully saturated rings. The quantitative estimate of drug-likeness (QED) is 0.688. The number of piperidine rings is 1. The highest BCUT2D eigenvalue weighted by atomic mass is 15.2. The van der Waals surface area contributed by atoms with E-state index in [2.05, 4.69) is 76.1 Å². The van der Waals surface area contributed by atoms with Crippen molar-refractivity contribution >= 4 is 17.0 Å². The van der Waals surface area contributed by atoms with Gasteiger partial charge < -0.3 is 4.57 Å². The first-order valence-electron chi connectivity index (χ1n) is 9.71. The molecule has 0 amide bonds. The van der Waals surface area contributed by atoms with Crippen molar-refractivity contribution in [1.29, 1.82) is 0 Å². The van der Waals surface area contributed by atoms with Gasteiger partial charge in [-0.3, -0.25) is 9.88 Å². The summed E-state index contributed by atoms with van der Waals surface area (Å²) in [6.07, 6.45) is 11.0. The Kier molecular flexibility index (Phi) is 3.90. The van der Waals surface area contributed by atoms with Gasteiger partial charge in [0.2, 0.25) is 0 Å². The van der Waals surface area contributed by atoms with Gasteiger partial charge in [-0.2, -0.15) is 0 Å². The van der Waals surface area contributed by atoms with Crippen LogP contribution in [0.25, 0.3) is 17.0 Å². The van der Waals surface area contributed by atoms with Crippen molar-refractivity contribution in [3.8, 4) is 0 Å². The lowest BCUT2D eigenvalue weighted by molar-refractivity contribution is 0.129. The monoisotopic (exact) mass is 343 g/mol. The molecule has 0 radical (unpaired) electrons. The Hall–Kier alpha value is -2.39. The third-order valence-corrected chi connectivity index (χ3v) is 6.08. The SMILES string of the molecule is C[C@@H]1CCN(Cc2ccccc2)C[C@@H]1n1ccc2cnc3c(c21)C=CC3. The summed E-state index contributed by atoms with van der Waals surface area (Å²) in [7, 11) is 0. The standard InChI is InChI=1S/C23H25N3/c1-17-10-12-25(15-18-6-3-2-4-7-18)16-22(17)26-13-11-19-14-24-21-9-5-8-20(21)23(19)26/h2-8,11,13-14,17,22H,9-10,12,15-16H2,1H3/t17-,22+/m1/s1. The fourth-order valence-electron chi connectivity index (χ4n) is 4.58. The number of pyridine rings is 1. The van der Waals surface area contributed by atoms with Crippen LogP contribution < -0.4 is 0 Å². The van der Waals surface area contributed by atoms with Crippen LogP contribution in [-0.2, 0) is 13.0 Å². The normalized spacial score (nSPS) is 22.8. The first kappa shape index (κ1) is 15.8. The number of allylic oxidation sites excluding steroid dienone is 1. The Bertz CT molecular complexity index is 954. The molecule has 3 heteroatoms. The maximum absolute atomic E-state index is 4.65. The summed E-state index contributed by atoms with van der Waals surface area (Å²) in [5.74, 6) is 0.687. The number of aromatic nitrogens is 2. The molecule has 0 N–H and O–H groups in total. The lowest BCUT2D eigenvalue weighted by atomic mass is 9.92. The number of fused-ring (bicyclic) bond motifs is 3. The van der Waals surface area contributed by atoms with Gasteiger partial charge in [-0.1, -0.05) is 49.4 Å². The molecule has 1 saturated heterocycles. The van der Waals surface area contributed by atoms with Gasteiger partial charge in [-0.15, -0.1) is 0 Å². The molecule has 3 nitrogen and oxygen atoms in total. The van der Waals surface area contributed by atoms with E-state index in [1.165, 1.54) is 40.7 Å². The molecular weight excluding hydrogens is 318 g/mol. The van der Waals surface area contributed by atoms with Crippen LogP contribution >= 0.6 is 0 Å². The van der Waals surface area contributed by atoms with E-state index in [9.17, 15) is 0 Å². The van der Waals surface area contributed by atoms with E-state index in [1.54, 1.807) is 0 Å². The van der Waals surface area contributed by atoms with E-state index in [0.717, 1.165) is 19.5 Å². The lowest BCUT2D eigenvalue weighted by Gasteiger charge is -2.38. The number of rotatable bonds is 3. The molecule has 3 heterocycles. The Morgan fingerprint density at radius 2 is 2.04 bits per heavy atom. The second-order valence-corrected chi connectivity index (χ2v) is 7.81. The third kappa shape index (κ3) is 2.67. The van der Waals surface area contributed by atoms with E-state index < -0.39 is 0 Å². The van der Waals surface area contributed by atoms with Crippen molar-refractivity contribution in [2.45, 2.75) is 32.4 Å². The molecule has 0 unspecified atom stereocenters. The Morgan fingerprint density at radius 1 is 1.15 bits per heavy atom. The van der Waals surface area contributed by atoms with Crippen LogP contribution in [0.3, 0.4) is 0 Å². The van der Waals surface area contributed by atoms with E-state index in [4.69, 9.17) is 0 Å². The van der Waals surface area contributed by atoms with Crippen LogP contribution in [0.15, 0.2) is 54.9 Å². The highest BCUT2D eigenvalue weighted by molar-refractivity contribution is 5.90. The predicted molar refractivity (Wildman–Crippen MR) is 107 cm³/mol. The molecule has 1 aliphatic carbocycles. The van der Waals surface area contributed by atoms with Crippen molar-refractivity contribution < 1.29 is 0 Å². The van der Waals surface area contributed by atoms with Crippen molar-refractivity contribution in [3.63, 3.8) is 0 Å². The minimum atomic E-state index is 0.519. The van der Waals surface area contributed by atoms with Gasteiger partial charge in [-0.25, -0.2) is 0 Å². The Morgan fingerprint density at radius 3 is 2.92 bits per heavy atom. The van der Waals surface area contributed by atoms with Crippen molar-refractivity contribution in [2.75, 3.05) is 13.1 Å². The smallest absolute Gasteiger partial charge is 0.0591 e. The van der Waals surface area contributed by atoms with Gasteiger partial charge in [-0.05, 0) is 30.5 Å². The lowest BCUT2D eigenvalue weighted by Crippen LogP contribution is -2.40. The zero-order valence-corrected chi connectivity index (χ0v) is 15.3. The summed E-state index contributed by atoms with van der Waals surface area (Å²) in [5, 5.41) is 1.27. The first-order chi connectivity index (χ1) is 12.8. The Balaban J connectivity index is 1.48. The average molecular weight is 343 g/mol. The van der Waals surface area contributed by atoms with Crippen molar-refractivity contribution in [3.05, 3.63) is 71.7 Å². The van der Waals surface area contributed by atoms with E-state index >= 15 is 0 Å². The Labute approximate surface area is 155 Å². The summed E-state index contributed by atoms with van der Waals surface area (Å²) < 4.78 is 2.54. The van der Waals surface area contributed by atoms with Crippen molar-refractivity contribution in [2.24, 2.45) is 5.92 Å². The maximum atomic E-state index is 4.65. The van der Waals surface area contributed by atoms with Crippen molar-refractivity contribution in [1.82, 2.24) is 14.5 Å². The molecule has 1 aromatic carbocycles. The van der Waals surface area contributed by atoms with Gasteiger partial charge in [0.05, 0.1) is 11.2 Å². The maximum Gasteiger partial charge on any atom is 0.0591 e. The molecule has 26 heavy (non-hydrogen) atoms. The molecule has 2 aromatic heterocycles. The number of hydrogen-bond acceptors (Lipinski definition) is 2. The minimum Gasteiger partial charge on any atom is -0.342 e. The average Bonchev–Trinajstić information content (AvgIpc) is 3.30. The zero-order valence-electron chi connectivity index (χ0n) is 15.3. The van der Waals surface area contributed by atoms with Gasteiger partial charge in [0.25, 0.3) is 0 Å². The number of benzene rings is 1. The number of likely N-dealkylation sites (tertiary alicyclic amines) is 1. The third-order valence-electron chi connectivity index (χ3n) is 6.08. The van der Waals surface area contributed by atoms with E-state index in [0.29, 0.717) is 12.0 Å². The summed E-state index contributed by atoms with van der Waals surface area (Å²) in [6, 6.07) is 13.6. The van der Waals surface area contributed by atoms with Crippen LogP contribution in [0.5, 0.6) is 0 Å². The van der Waals surface area contributed by atoms with Crippen LogP contribution in [0.4, 0.5) is 0 Å². The first-order valence-corrected chi connectivity index (χ1v) is 9.71. The summed E-state index contributed by atoms with van der Waals surface area (Å²) >= 11 is 0. The molecule has 0 saturated carbocycles. The van der Waals surface area contributed by atoms with Crippen LogP contribution in [-0.4, -0.2) is 27.5 Å². The second-order valence-electron chi connectivity index (χ2n) is 7.81. The molecule has 132 valence electrons. The molecule has 3 aromatic rings. The summed E-state index contributed by atoms with van der Waals surface area (Å²) in [6.45, 7) is 5.75. The highest BCUT2D eigenvalue weighted by Gasteiger charge is 2.29. The molecule has 0 bridgehead atoms. The fourth-order valence-corrected chi connectivity index (χ4v) is 4.58. The minimum absolute atomic E-state index is 0.519.